The second kappa shape index (κ2) is 10.3. The molecule has 1 rings (SSSR count). The Morgan fingerprint density at radius 1 is 1.00 bits per heavy atom. The van der Waals surface area contributed by atoms with Crippen LogP contribution in [0.4, 0.5) is 8.78 Å². The van der Waals surface area contributed by atoms with Gasteiger partial charge in [0.2, 0.25) is 0 Å². The summed E-state index contributed by atoms with van der Waals surface area (Å²) in [5, 5.41) is 1.01. The Kier molecular flexibility index (Phi) is 9.03. The third-order valence-electron chi connectivity index (χ3n) is 3.11. The van der Waals surface area contributed by atoms with Gasteiger partial charge in [-0.1, -0.05) is 59.1 Å². The molecule has 0 aliphatic heterocycles. The number of ether oxygens (including phenoxy) is 1. The Morgan fingerprint density at radius 3 is 2.40 bits per heavy atom. The van der Waals surface area contributed by atoms with Crippen molar-refractivity contribution >= 4 is 15.9 Å². The fourth-order valence-corrected chi connectivity index (χ4v) is 2.31. The van der Waals surface area contributed by atoms with Crippen LogP contribution < -0.4 is 0 Å². The SMILES string of the molecule is FC(F)(CCc1ccccc1)COCCCCCCBr. The van der Waals surface area contributed by atoms with E-state index in [1.165, 1.54) is 0 Å². The first-order chi connectivity index (χ1) is 9.64. The van der Waals surface area contributed by atoms with E-state index in [0.717, 1.165) is 36.6 Å². The number of halogens is 3. The van der Waals surface area contributed by atoms with Crippen molar-refractivity contribution in [3.8, 4) is 0 Å². The van der Waals surface area contributed by atoms with Gasteiger partial charge in [0, 0.05) is 18.4 Å². The third kappa shape index (κ3) is 8.64. The van der Waals surface area contributed by atoms with E-state index in [2.05, 4.69) is 15.9 Å². The maximum Gasteiger partial charge on any atom is 0.271 e. The Hall–Kier alpha value is -0.480. The molecule has 0 aliphatic carbocycles. The van der Waals surface area contributed by atoms with Crippen LogP contribution in [0, 0.1) is 0 Å². The fraction of sp³-hybridized carbons (Fsp3) is 0.625. The molecule has 114 valence electrons. The van der Waals surface area contributed by atoms with E-state index in [1.54, 1.807) is 0 Å². The summed E-state index contributed by atoms with van der Waals surface area (Å²) < 4.78 is 32.3. The zero-order chi connectivity index (χ0) is 14.7. The van der Waals surface area contributed by atoms with Crippen molar-refractivity contribution in [2.24, 2.45) is 0 Å². The summed E-state index contributed by atoms with van der Waals surface area (Å²) in [5.74, 6) is -2.73. The number of alkyl halides is 3. The molecule has 4 heteroatoms. The summed E-state index contributed by atoms with van der Waals surface area (Å²) in [6, 6.07) is 9.38. The molecule has 0 saturated carbocycles. The first-order valence-electron chi connectivity index (χ1n) is 7.19. The summed E-state index contributed by atoms with van der Waals surface area (Å²) in [7, 11) is 0. The molecule has 1 aromatic rings. The van der Waals surface area contributed by atoms with Gasteiger partial charge in [0.25, 0.3) is 5.92 Å². The van der Waals surface area contributed by atoms with Gasteiger partial charge in [0.1, 0.15) is 6.61 Å². The van der Waals surface area contributed by atoms with Crippen molar-refractivity contribution in [1.82, 2.24) is 0 Å². The lowest BCUT2D eigenvalue weighted by atomic mass is 10.1. The Labute approximate surface area is 128 Å². The second-order valence-electron chi connectivity index (χ2n) is 5.00. The van der Waals surface area contributed by atoms with Crippen LogP contribution in [-0.2, 0) is 11.2 Å². The molecule has 1 nitrogen and oxygen atoms in total. The number of rotatable bonds is 11. The number of hydrogen-bond donors (Lipinski definition) is 0. The second-order valence-corrected chi connectivity index (χ2v) is 5.79. The fourth-order valence-electron chi connectivity index (χ4n) is 1.92. The molecule has 0 spiro atoms. The molecule has 0 aliphatic rings. The number of hydrogen-bond acceptors (Lipinski definition) is 1. The van der Waals surface area contributed by atoms with Gasteiger partial charge in [-0.25, -0.2) is 8.78 Å². The van der Waals surface area contributed by atoms with Crippen LogP contribution in [0.15, 0.2) is 30.3 Å². The lowest BCUT2D eigenvalue weighted by Gasteiger charge is -2.16. The minimum atomic E-state index is -2.73. The first kappa shape index (κ1) is 17.6. The van der Waals surface area contributed by atoms with E-state index >= 15 is 0 Å². The van der Waals surface area contributed by atoms with Crippen molar-refractivity contribution in [2.75, 3.05) is 18.5 Å². The van der Waals surface area contributed by atoms with Crippen LogP contribution in [0.5, 0.6) is 0 Å². The van der Waals surface area contributed by atoms with Crippen molar-refractivity contribution in [3.05, 3.63) is 35.9 Å². The molecule has 0 radical (unpaired) electrons. The minimum Gasteiger partial charge on any atom is -0.375 e. The molecule has 1 aromatic carbocycles. The average Bonchev–Trinajstić information content (AvgIpc) is 2.45. The monoisotopic (exact) mass is 348 g/mol. The van der Waals surface area contributed by atoms with Gasteiger partial charge in [-0.3, -0.25) is 0 Å². The van der Waals surface area contributed by atoms with Gasteiger partial charge in [-0.05, 0) is 24.8 Å². The Balaban J connectivity index is 2.09. The molecule has 0 heterocycles. The lowest BCUT2D eigenvalue weighted by Crippen LogP contribution is -2.24. The van der Waals surface area contributed by atoms with Gasteiger partial charge in [0.15, 0.2) is 0 Å². The van der Waals surface area contributed by atoms with Gasteiger partial charge in [-0.15, -0.1) is 0 Å². The summed E-state index contributed by atoms with van der Waals surface area (Å²) >= 11 is 3.36. The maximum absolute atomic E-state index is 13.6. The van der Waals surface area contributed by atoms with E-state index < -0.39 is 12.5 Å². The van der Waals surface area contributed by atoms with Crippen LogP contribution in [-0.4, -0.2) is 24.5 Å². The van der Waals surface area contributed by atoms with E-state index in [9.17, 15) is 8.78 Å². The van der Waals surface area contributed by atoms with E-state index in [1.807, 2.05) is 30.3 Å². The molecule has 0 bridgehead atoms. The van der Waals surface area contributed by atoms with Crippen LogP contribution in [0.1, 0.15) is 37.7 Å². The topological polar surface area (TPSA) is 9.23 Å². The summed E-state index contributed by atoms with van der Waals surface area (Å²) in [6.07, 6.45) is 4.40. The number of benzene rings is 1. The van der Waals surface area contributed by atoms with Crippen molar-refractivity contribution < 1.29 is 13.5 Å². The molecular formula is C16H23BrF2O. The standard InChI is InChI=1S/C16H23BrF2O/c17-12-6-1-2-7-13-20-14-16(18,19)11-10-15-8-4-3-5-9-15/h3-5,8-9H,1-2,6-7,10-14H2. The molecule has 20 heavy (non-hydrogen) atoms. The van der Waals surface area contributed by atoms with Crippen LogP contribution >= 0.6 is 15.9 Å². The Bertz CT molecular complexity index is 344. The number of aryl methyl sites for hydroxylation is 1. The molecule has 0 unspecified atom stereocenters. The van der Waals surface area contributed by atoms with Gasteiger partial charge in [-0.2, -0.15) is 0 Å². The van der Waals surface area contributed by atoms with Crippen LogP contribution in [0.25, 0.3) is 0 Å². The summed E-state index contributed by atoms with van der Waals surface area (Å²) in [6.45, 7) is -0.0263. The van der Waals surface area contributed by atoms with Gasteiger partial charge >= 0.3 is 0 Å². The predicted octanol–water partition coefficient (Wildman–Crippen LogP) is 5.23. The van der Waals surface area contributed by atoms with Crippen LogP contribution in [0.2, 0.25) is 0 Å². The lowest BCUT2D eigenvalue weighted by molar-refractivity contribution is -0.0822. The molecule has 0 atom stereocenters. The largest absolute Gasteiger partial charge is 0.375 e. The molecule has 0 N–H and O–H groups in total. The van der Waals surface area contributed by atoms with E-state index in [4.69, 9.17) is 4.74 Å². The Morgan fingerprint density at radius 2 is 1.70 bits per heavy atom. The quantitative estimate of drug-likeness (QED) is 0.393. The zero-order valence-corrected chi connectivity index (χ0v) is 13.4. The van der Waals surface area contributed by atoms with E-state index in [-0.39, 0.29) is 6.42 Å². The third-order valence-corrected chi connectivity index (χ3v) is 3.67. The highest BCUT2D eigenvalue weighted by molar-refractivity contribution is 9.09. The van der Waals surface area contributed by atoms with Gasteiger partial charge < -0.3 is 4.74 Å². The molecule has 0 saturated heterocycles. The van der Waals surface area contributed by atoms with Crippen molar-refractivity contribution in [2.45, 2.75) is 44.4 Å². The normalized spacial score (nSPS) is 11.8. The minimum absolute atomic E-state index is 0.152. The predicted molar refractivity (Wildman–Crippen MR) is 82.8 cm³/mol. The van der Waals surface area contributed by atoms with E-state index in [0.29, 0.717) is 13.0 Å². The van der Waals surface area contributed by atoms with Gasteiger partial charge in [0.05, 0.1) is 0 Å². The highest BCUT2D eigenvalue weighted by Crippen LogP contribution is 2.21. The summed E-state index contributed by atoms with van der Waals surface area (Å²) in [4.78, 5) is 0. The first-order valence-corrected chi connectivity index (χ1v) is 8.32. The number of unbranched alkanes of at least 4 members (excludes halogenated alkanes) is 3. The average molecular weight is 349 g/mol. The zero-order valence-electron chi connectivity index (χ0n) is 11.8. The molecule has 0 fully saturated rings. The summed E-state index contributed by atoms with van der Waals surface area (Å²) in [5.41, 5.74) is 0.946. The maximum atomic E-state index is 13.6. The highest BCUT2D eigenvalue weighted by Gasteiger charge is 2.28. The van der Waals surface area contributed by atoms with Crippen molar-refractivity contribution in [3.63, 3.8) is 0 Å². The smallest absolute Gasteiger partial charge is 0.271 e. The molecule has 0 amide bonds. The highest BCUT2D eigenvalue weighted by atomic mass is 79.9. The molecular weight excluding hydrogens is 326 g/mol. The van der Waals surface area contributed by atoms with Crippen molar-refractivity contribution in [1.29, 1.82) is 0 Å². The molecule has 0 aromatic heterocycles. The van der Waals surface area contributed by atoms with Crippen LogP contribution in [0.3, 0.4) is 0 Å².